The van der Waals surface area contributed by atoms with E-state index < -0.39 is 17.2 Å². The minimum Gasteiger partial charge on any atom is -0.476 e. The summed E-state index contributed by atoms with van der Waals surface area (Å²) in [4.78, 5) is 62.9. The van der Waals surface area contributed by atoms with E-state index in [0.29, 0.717) is 45.6 Å². The number of azo groups is 3. The van der Waals surface area contributed by atoms with E-state index in [9.17, 15) is 24.3 Å². The summed E-state index contributed by atoms with van der Waals surface area (Å²) < 4.78 is 3.96. The number of carboxylic acids is 1. The summed E-state index contributed by atoms with van der Waals surface area (Å²) in [5.41, 5.74) is 2.79. The van der Waals surface area contributed by atoms with Gasteiger partial charge in [0, 0.05) is 24.5 Å². The predicted molar refractivity (Wildman–Crippen MR) is 334 cm³/mol. The summed E-state index contributed by atoms with van der Waals surface area (Å²) in [5.74, 6) is -0.352. The predicted octanol–water partition coefficient (Wildman–Crippen LogP) is 14.5. The Balaban J connectivity index is 0.000000171. The number of benzene rings is 3. The van der Waals surface area contributed by atoms with E-state index in [-0.39, 0.29) is 73.0 Å². The van der Waals surface area contributed by atoms with Gasteiger partial charge in [0.2, 0.25) is 17.5 Å². The first-order valence-corrected chi connectivity index (χ1v) is 28.0. The lowest BCUT2D eigenvalue weighted by molar-refractivity contribution is 0.0690. The van der Waals surface area contributed by atoms with Gasteiger partial charge in [0.25, 0.3) is 28.2 Å². The fraction of sp³-hybridized carbons (Fsp3) is 0.344. The Kier molecular flexibility index (Phi) is 18.3. The second-order valence-corrected chi connectivity index (χ2v) is 24.5. The molecule has 10 rings (SSSR count). The van der Waals surface area contributed by atoms with Crippen molar-refractivity contribution in [2.75, 3.05) is 18.0 Å². The number of aromatic carboxylic acids is 1. The first-order valence-electron chi connectivity index (χ1n) is 28.0. The van der Waals surface area contributed by atoms with E-state index in [0.717, 1.165) is 48.4 Å². The molecule has 1 fully saturated rings. The molecule has 7 N–H and O–H groups in total. The van der Waals surface area contributed by atoms with E-state index in [1.807, 2.05) is 102 Å². The van der Waals surface area contributed by atoms with Crippen LogP contribution in [0.2, 0.25) is 0 Å². The maximum absolute atomic E-state index is 13.1. The molecule has 1 aliphatic rings. The van der Waals surface area contributed by atoms with Crippen molar-refractivity contribution < 1.29 is 9.90 Å². The van der Waals surface area contributed by atoms with Crippen LogP contribution >= 0.6 is 0 Å². The van der Waals surface area contributed by atoms with Crippen LogP contribution in [0.4, 0.5) is 57.4 Å². The molecule has 88 heavy (non-hydrogen) atoms. The van der Waals surface area contributed by atoms with Crippen molar-refractivity contribution >= 4 is 63.4 Å². The molecule has 27 heteroatoms. The van der Waals surface area contributed by atoms with Gasteiger partial charge in [0.1, 0.15) is 0 Å². The van der Waals surface area contributed by atoms with Crippen LogP contribution < -0.4 is 21.6 Å². The molecule has 1 aliphatic heterocycles. The van der Waals surface area contributed by atoms with Crippen LogP contribution in [0.25, 0.3) is 31.6 Å². The lowest BCUT2D eigenvalue weighted by Gasteiger charge is -2.32. The number of carbonyl (C=O) groups is 1. The third-order valence-electron chi connectivity index (χ3n) is 13.8. The van der Waals surface area contributed by atoms with Crippen molar-refractivity contribution in [3.8, 4) is 17.1 Å². The number of hydrogen-bond acceptors (Lipinski definition) is 14. The van der Waals surface area contributed by atoms with Gasteiger partial charge in [-0.3, -0.25) is 45.0 Å². The van der Waals surface area contributed by atoms with Crippen molar-refractivity contribution in [2.45, 2.75) is 119 Å². The normalized spacial score (nSPS) is 12.9. The number of aryl methyl sites for hydroxylation is 1. The smallest absolute Gasteiger partial charge is 0.356 e. The molecule has 27 nitrogen and oxygen atoms in total. The second-order valence-electron chi connectivity index (χ2n) is 24.5. The van der Waals surface area contributed by atoms with Crippen molar-refractivity contribution in [3.05, 3.63) is 185 Å². The zero-order valence-electron chi connectivity index (χ0n) is 50.9. The van der Waals surface area contributed by atoms with Crippen LogP contribution in [-0.2, 0) is 16.2 Å². The Morgan fingerprint density at radius 2 is 0.886 bits per heavy atom. The van der Waals surface area contributed by atoms with Gasteiger partial charge < -0.3 is 10.0 Å². The molecule has 0 unspecified atom stereocenters. The Morgan fingerprint density at radius 3 is 1.30 bits per heavy atom. The molecule has 0 amide bonds. The highest BCUT2D eigenvalue weighted by Crippen LogP contribution is 2.44. The Bertz CT molecular complexity index is 4380. The number of aromatic nitrogens is 12. The van der Waals surface area contributed by atoms with Gasteiger partial charge in [-0.15, -0.1) is 30.7 Å². The number of para-hydroxylation sites is 3. The first-order chi connectivity index (χ1) is 41.7. The lowest BCUT2D eigenvalue weighted by atomic mass is 9.74. The number of rotatable bonds is 13. The van der Waals surface area contributed by atoms with Gasteiger partial charge in [-0.1, -0.05) is 131 Å². The average Bonchev–Trinajstić information content (AvgIpc) is 4.52. The van der Waals surface area contributed by atoms with Crippen molar-refractivity contribution in [1.29, 1.82) is 0 Å². The van der Waals surface area contributed by atoms with Gasteiger partial charge in [-0.25, -0.2) is 33.4 Å². The molecule has 0 aliphatic carbocycles. The Morgan fingerprint density at radius 1 is 0.523 bits per heavy atom. The zero-order chi connectivity index (χ0) is 63.9. The monoisotopic (exact) mass is 1190 g/mol. The van der Waals surface area contributed by atoms with Crippen LogP contribution in [0.3, 0.4) is 0 Å². The number of anilines is 1. The van der Waals surface area contributed by atoms with E-state index in [1.54, 1.807) is 37.3 Å². The summed E-state index contributed by atoms with van der Waals surface area (Å²) in [6.45, 7) is 48.3. The van der Waals surface area contributed by atoms with E-state index in [4.69, 9.17) is 19.7 Å². The molecular weight excluding hydrogens is 1120 g/mol. The fourth-order valence-corrected chi connectivity index (χ4v) is 10.0. The molecule has 7 heterocycles. The van der Waals surface area contributed by atoms with Crippen molar-refractivity contribution in [2.24, 2.45) is 36.1 Å². The van der Waals surface area contributed by atoms with Crippen LogP contribution in [0, 0.1) is 32.1 Å². The molecule has 3 aromatic carbocycles. The molecule has 0 bridgehead atoms. The van der Waals surface area contributed by atoms with Gasteiger partial charge in [-0.2, -0.15) is 15.3 Å². The average molecular weight is 1190 g/mol. The molecular formula is C61H68N22O5. The van der Waals surface area contributed by atoms with Crippen molar-refractivity contribution in [3.63, 3.8) is 0 Å². The SMILES string of the molecule is [C-]#[N+]c1c(N=Nc2c(C(=O)O)[nH]n(-c3ccccc3)c2=O)n[nH]c1C(C)(C)C.[C-]#[N+]c1c(N=Nc2c(C)[nH]n(-c3ccccc3)c2=O)n[nH]c1C(C)(C)CC(C)(C)C.[C-]#[N+]c1c(N=Nc2c(N3CCCC3)[nH]n(-c3ccccc3)c2=O)n[nH]c1C(C)(C)C. The third kappa shape index (κ3) is 13.8. The molecule has 0 saturated carbocycles. The topological polar surface area (TPSA) is 327 Å². The number of nitrogens with zero attached hydrogens (tertiary/aromatic N) is 16. The second kappa shape index (κ2) is 25.6. The lowest BCUT2D eigenvalue weighted by Crippen LogP contribution is -2.25. The number of nitrogens with one attached hydrogen (secondary N) is 6. The van der Waals surface area contributed by atoms with Gasteiger partial charge >= 0.3 is 11.5 Å². The number of H-pyrrole nitrogens is 6. The maximum Gasteiger partial charge on any atom is 0.356 e. The Hall–Kier alpha value is -11.1. The fourth-order valence-electron chi connectivity index (χ4n) is 10.0. The van der Waals surface area contributed by atoms with E-state index >= 15 is 0 Å². The highest BCUT2D eigenvalue weighted by Gasteiger charge is 2.33. The largest absolute Gasteiger partial charge is 0.476 e. The molecule has 0 atom stereocenters. The van der Waals surface area contributed by atoms with E-state index in [1.165, 1.54) is 9.36 Å². The van der Waals surface area contributed by atoms with Gasteiger partial charge in [0.05, 0.1) is 48.2 Å². The van der Waals surface area contributed by atoms with Crippen LogP contribution in [0.5, 0.6) is 0 Å². The highest BCUT2D eigenvalue weighted by atomic mass is 16.4. The van der Waals surface area contributed by atoms with Crippen LogP contribution in [0.15, 0.2) is 136 Å². The number of carboxylic acid groups (broad SMARTS) is 1. The highest BCUT2D eigenvalue weighted by molar-refractivity contribution is 5.91. The Labute approximate surface area is 505 Å². The molecule has 452 valence electrons. The molecule has 1 saturated heterocycles. The first kappa shape index (κ1) is 62.9. The minimum absolute atomic E-state index is 0.0110. The quantitative estimate of drug-likeness (QED) is 0.0425. The molecule has 6 aromatic heterocycles. The van der Waals surface area contributed by atoms with Crippen LogP contribution in [-0.4, -0.2) is 84.1 Å². The zero-order valence-corrected chi connectivity index (χ0v) is 50.9. The summed E-state index contributed by atoms with van der Waals surface area (Å²) >= 11 is 0. The molecule has 0 spiro atoms. The van der Waals surface area contributed by atoms with Crippen molar-refractivity contribution in [1.82, 2.24) is 59.9 Å². The van der Waals surface area contributed by atoms with Crippen LogP contribution in [0.1, 0.15) is 129 Å². The molecule has 0 radical (unpaired) electrons. The van der Waals surface area contributed by atoms with Gasteiger partial charge in [0.15, 0.2) is 28.6 Å². The third-order valence-corrected chi connectivity index (χ3v) is 13.8. The summed E-state index contributed by atoms with van der Waals surface area (Å²) in [6, 6.07) is 27.1. The number of aromatic amines is 6. The molecule has 9 aromatic rings. The standard InChI is InChI=1S/C22H27N7O.C21H24N8O.C18H17N7O3/c1-14-16(20(30)29(28-14)15-11-9-8-10-12-15)24-26-19-17(23-7)18(25-27-19)22(5,6)13-21(2,3)4;1-21(2,3)17-15(22-4)18(26-24-17)25-23-16-19(28-12-8-9-13-28)27-29(20(16)30)14-10-6-5-7-11-14;1-18(2,3)14-13(19-4)15(23-21-14)22-20-11-12(17(27)28)24-25(16(11)26)10-8-6-5-7-9-10/h8-12,28H,13H2,1-6H3,(H,25,27);5-7,10-11,27H,8-9,12-13H2,1-3H3,(H,24,26);5-9,24H,1-3H3,(H,21,23)(H,27,28). The van der Waals surface area contributed by atoms with E-state index in [2.05, 4.69) is 131 Å². The summed E-state index contributed by atoms with van der Waals surface area (Å²) in [7, 11) is 0. The maximum atomic E-state index is 13.1. The summed E-state index contributed by atoms with van der Waals surface area (Å²) in [5, 5.41) is 63.5. The minimum atomic E-state index is -1.36. The van der Waals surface area contributed by atoms with Gasteiger partial charge in [-0.05, 0) is 84.2 Å². The number of hydrogen-bond donors (Lipinski definition) is 7. The summed E-state index contributed by atoms with van der Waals surface area (Å²) in [6.07, 6.45) is 2.98.